The summed E-state index contributed by atoms with van der Waals surface area (Å²) in [5.41, 5.74) is -11.5. The molecule has 1 aromatic rings. The van der Waals surface area contributed by atoms with Crippen molar-refractivity contribution in [3.05, 3.63) is 58.9 Å². The molecule has 1 N–H and O–H groups in total. The van der Waals surface area contributed by atoms with Gasteiger partial charge < -0.3 is 5.11 Å². The Labute approximate surface area is 120 Å². The SMILES string of the molecule is O=CC1=C(F)C(F)(c2ccccc2)C(F)(C(=O)O)C(F)=C1F. The Hall–Kier alpha value is -2.51. The topological polar surface area (TPSA) is 54.4 Å². The fourth-order valence-electron chi connectivity index (χ4n) is 2.19. The van der Waals surface area contributed by atoms with Crippen LogP contribution < -0.4 is 0 Å². The average Bonchev–Trinajstić information content (AvgIpc) is 2.52. The molecule has 0 saturated carbocycles. The second-order valence-corrected chi connectivity index (χ2v) is 4.46. The molecule has 3 nitrogen and oxygen atoms in total. The van der Waals surface area contributed by atoms with Crippen molar-refractivity contribution in [3.63, 3.8) is 0 Å². The number of allylic oxidation sites excluding steroid dienone is 3. The predicted molar refractivity (Wildman–Crippen MR) is 64.1 cm³/mol. The summed E-state index contributed by atoms with van der Waals surface area (Å²) in [4.78, 5) is 21.7. The molecule has 2 rings (SSSR count). The number of halogens is 5. The average molecular weight is 318 g/mol. The molecular weight excluding hydrogens is 311 g/mol. The van der Waals surface area contributed by atoms with E-state index in [2.05, 4.69) is 0 Å². The minimum absolute atomic E-state index is 0.553. The minimum Gasteiger partial charge on any atom is -0.478 e. The van der Waals surface area contributed by atoms with E-state index in [4.69, 9.17) is 5.11 Å². The first-order chi connectivity index (χ1) is 10.2. The number of carbonyl (C=O) groups excluding carboxylic acids is 1. The molecule has 0 amide bonds. The number of aliphatic carboxylic acids is 1. The number of alkyl halides is 2. The zero-order valence-corrected chi connectivity index (χ0v) is 10.6. The highest BCUT2D eigenvalue weighted by Crippen LogP contribution is 2.56. The number of hydrogen-bond donors (Lipinski definition) is 1. The predicted octanol–water partition coefficient (Wildman–Crippen LogP) is 3.23. The van der Waals surface area contributed by atoms with E-state index in [0.29, 0.717) is 0 Å². The first-order valence-corrected chi connectivity index (χ1v) is 5.81. The van der Waals surface area contributed by atoms with Crippen LogP contribution in [-0.2, 0) is 15.3 Å². The third kappa shape index (κ3) is 1.73. The second-order valence-electron chi connectivity index (χ2n) is 4.46. The van der Waals surface area contributed by atoms with Crippen LogP contribution in [-0.4, -0.2) is 23.0 Å². The van der Waals surface area contributed by atoms with Gasteiger partial charge in [0.2, 0.25) is 5.67 Å². The van der Waals surface area contributed by atoms with Crippen molar-refractivity contribution >= 4 is 12.3 Å². The monoisotopic (exact) mass is 318 g/mol. The molecule has 0 saturated heterocycles. The maximum Gasteiger partial charge on any atom is 0.353 e. The van der Waals surface area contributed by atoms with Crippen molar-refractivity contribution in [1.29, 1.82) is 0 Å². The Balaban J connectivity index is 2.92. The van der Waals surface area contributed by atoms with Crippen molar-refractivity contribution in [3.8, 4) is 0 Å². The van der Waals surface area contributed by atoms with Gasteiger partial charge in [-0.1, -0.05) is 30.3 Å². The summed E-state index contributed by atoms with van der Waals surface area (Å²) < 4.78 is 71.2. The van der Waals surface area contributed by atoms with Crippen LogP contribution in [0.5, 0.6) is 0 Å². The Morgan fingerprint density at radius 2 is 1.59 bits per heavy atom. The van der Waals surface area contributed by atoms with Crippen LogP contribution in [0.2, 0.25) is 0 Å². The van der Waals surface area contributed by atoms with E-state index in [0.717, 1.165) is 24.3 Å². The van der Waals surface area contributed by atoms with Crippen molar-refractivity contribution in [2.75, 3.05) is 0 Å². The lowest BCUT2D eigenvalue weighted by Gasteiger charge is -2.37. The van der Waals surface area contributed by atoms with Gasteiger partial charge in [-0.15, -0.1) is 0 Å². The third-order valence-electron chi connectivity index (χ3n) is 3.33. The maximum absolute atomic E-state index is 15.1. The van der Waals surface area contributed by atoms with Crippen LogP contribution in [0.25, 0.3) is 0 Å². The van der Waals surface area contributed by atoms with Gasteiger partial charge in [-0.25, -0.2) is 26.7 Å². The summed E-state index contributed by atoms with van der Waals surface area (Å²) in [6.45, 7) is 0. The summed E-state index contributed by atoms with van der Waals surface area (Å²) in [5, 5.41) is 8.83. The zero-order valence-electron chi connectivity index (χ0n) is 10.6. The molecule has 0 bridgehead atoms. The number of carbonyl (C=O) groups is 2. The molecule has 2 unspecified atom stereocenters. The van der Waals surface area contributed by atoms with Crippen LogP contribution in [0, 0.1) is 0 Å². The van der Waals surface area contributed by atoms with Gasteiger partial charge in [0.05, 0.1) is 5.57 Å². The fourth-order valence-corrected chi connectivity index (χ4v) is 2.19. The molecular formula is C14H7F5O3. The van der Waals surface area contributed by atoms with Gasteiger partial charge in [0, 0.05) is 5.56 Å². The first-order valence-electron chi connectivity index (χ1n) is 5.81. The first kappa shape index (κ1) is 15.9. The summed E-state index contributed by atoms with van der Waals surface area (Å²) in [5.74, 6) is -10.2. The molecule has 1 aromatic carbocycles. The maximum atomic E-state index is 15.1. The number of rotatable bonds is 3. The molecule has 116 valence electrons. The number of carboxylic acid groups (broad SMARTS) is 1. The van der Waals surface area contributed by atoms with Gasteiger partial charge in [-0.05, 0) is 0 Å². The zero-order chi connectivity index (χ0) is 16.7. The highest BCUT2D eigenvalue weighted by molar-refractivity contribution is 5.90. The van der Waals surface area contributed by atoms with Crippen LogP contribution in [0.4, 0.5) is 22.0 Å². The van der Waals surface area contributed by atoms with E-state index in [9.17, 15) is 27.2 Å². The second kappa shape index (κ2) is 5.04. The van der Waals surface area contributed by atoms with Crippen molar-refractivity contribution in [2.45, 2.75) is 11.3 Å². The Morgan fingerprint density at radius 3 is 2.05 bits per heavy atom. The molecule has 1 aliphatic carbocycles. The van der Waals surface area contributed by atoms with E-state index in [1.807, 2.05) is 0 Å². The molecule has 0 aromatic heterocycles. The smallest absolute Gasteiger partial charge is 0.353 e. The molecule has 22 heavy (non-hydrogen) atoms. The third-order valence-corrected chi connectivity index (χ3v) is 3.33. The molecule has 0 spiro atoms. The minimum atomic E-state index is -4.69. The molecule has 8 heteroatoms. The molecule has 2 atom stereocenters. The highest BCUT2D eigenvalue weighted by atomic mass is 19.2. The van der Waals surface area contributed by atoms with Gasteiger partial charge in [0.25, 0.3) is 0 Å². The largest absolute Gasteiger partial charge is 0.478 e. The lowest BCUT2D eigenvalue weighted by molar-refractivity contribution is -0.161. The summed E-state index contributed by atoms with van der Waals surface area (Å²) >= 11 is 0. The van der Waals surface area contributed by atoms with Crippen LogP contribution in [0.3, 0.4) is 0 Å². The molecule has 0 radical (unpaired) electrons. The number of benzene rings is 1. The quantitative estimate of drug-likeness (QED) is 0.688. The van der Waals surface area contributed by atoms with Gasteiger partial charge in [-0.3, -0.25) is 4.79 Å². The number of hydrogen-bond acceptors (Lipinski definition) is 2. The van der Waals surface area contributed by atoms with E-state index >= 15 is 4.39 Å². The van der Waals surface area contributed by atoms with E-state index in [-0.39, 0.29) is 0 Å². The molecule has 0 heterocycles. The summed E-state index contributed by atoms with van der Waals surface area (Å²) in [6, 6.07) is 5.12. The van der Waals surface area contributed by atoms with Gasteiger partial charge >= 0.3 is 11.6 Å². The van der Waals surface area contributed by atoms with Crippen LogP contribution in [0.15, 0.2) is 53.4 Å². The molecule has 1 aliphatic rings. The molecule has 0 fully saturated rings. The van der Waals surface area contributed by atoms with Crippen molar-refractivity contribution in [2.24, 2.45) is 0 Å². The van der Waals surface area contributed by atoms with E-state index in [1.54, 1.807) is 0 Å². The van der Waals surface area contributed by atoms with Crippen molar-refractivity contribution in [1.82, 2.24) is 0 Å². The highest BCUT2D eigenvalue weighted by Gasteiger charge is 2.70. The summed E-state index contributed by atoms with van der Waals surface area (Å²) in [6.07, 6.45) is -0.553. The normalized spacial score (nSPS) is 28.8. The number of carboxylic acids is 1. The van der Waals surface area contributed by atoms with Gasteiger partial charge in [0.1, 0.15) is 0 Å². The van der Waals surface area contributed by atoms with Gasteiger partial charge in [-0.2, -0.15) is 0 Å². The van der Waals surface area contributed by atoms with Crippen LogP contribution in [0.1, 0.15) is 5.56 Å². The summed E-state index contributed by atoms with van der Waals surface area (Å²) in [7, 11) is 0. The fraction of sp³-hybridized carbons (Fsp3) is 0.143. The Bertz CT molecular complexity index is 712. The number of aldehydes is 1. The lowest BCUT2D eigenvalue weighted by Crippen LogP contribution is -2.54. The lowest BCUT2D eigenvalue weighted by atomic mass is 9.74. The van der Waals surface area contributed by atoms with E-state index in [1.165, 1.54) is 6.07 Å². The standard InChI is InChI=1S/C14H7F5O3/c15-9-8(6-20)10(16)13(18,7-4-2-1-3-5-7)14(19,11(9)17)12(21)22/h1-6H,(H,21,22). The van der Waals surface area contributed by atoms with E-state index < -0.39 is 52.2 Å². The Morgan fingerprint density at radius 1 is 1.05 bits per heavy atom. The van der Waals surface area contributed by atoms with Gasteiger partial charge in [0.15, 0.2) is 23.8 Å². The Kier molecular flexibility index (Phi) is 3.64. The van der Waals surface area contributed by atoms with Crippen molar-refractivity contribution < 1.29 is 36.6 Å². The van der Waals surface area contributed by atoms with Crippen LogP contribution >= 0.6 is 0 Å². The molecule has 0 aliphatic heterocycles.